The lowest BCUT2D eigenvalue weighted by Gasteiger charge is -2.48. The molecule has 0 atom stereocenters. The highest BCUT2D eigenvalue weighted by atomic mass is 16.6. The Morgan fingerprint density at radius 2 is 1.93 bits per heavy atom. The van der Waals surface area contributed by atoms with E-state index in [2.05, 4.69) is 10.2 Å². The Morgan fingerprint density at radius 3 is 2.57 bits per heavy atom. The van der Waals surface area contributed by atoms with E-state index in [9.17, 15) is 19.7 Å². The second-order valence-corrected chi connectivity index (χ2v) is 8.00. The fraction of sp³-hybridized carbons (Fsp3) is 0.619. The molecule has 3 rings (SSSR count). The van der Waals surface area contributed by atoms with Crippen LogP contribution in [0.5, 0.6) is 0 Å². The van der Waals surface area contributed by atoms with Gasteiger partial charge in [0.25, 0.3) is 11.6 Å². The van der Waals surface area contributed by atoms with Gasteiger partial charge in [-0.1, -0.05) is 19.3 Å². The number of morpholine rings is 1. The van der Waals surface area contributed by atoms with Crippen molar-refractivity contribution in [2.45, 2.75) is 44.6 Å². The van der Waals surface area contributed by atoms with Crippen LogP contribution in [0.25, 0.3) is 0 Å². The fourth-order valence-corrected chi connectivity index (χ4v) is 4.37. The largest absolute Gasteiger partial charge is 0.452 e. The first-order valence-corrected chi connectivity index (χ1v) is 10.4. The molecule has 0 spiro atoms. The van der Waals surface area contributed by atoms with Gasteiger partial charge in [-0.2, -0.15) is 0 Å². The molecule has 2 fully saturated rings. The molecule has 0 aromatic heterocycles. The summed E-state index contributed by atoms with van der Waals surface area (Å²) in [7, 11) is 0. The third-order valence-corrected chi connectivity index (χ3v) is 6.04. The maximum Gasteiger partial charge on any atom is 0.338 e. The Bertz CT molecular complexity index is 785. The number of amides is 1. The number of nitro benzene ring substituents is 1. The molecule has 9 nitrogen and oxygen atoms in total. The van der Waals surface area contributed by atoms with E-state index in [-0.39, 0.29) is 29.3 Å². The monoisotopic (exact) mass is 419 g/mol. The molecule has 1 saturated carbocycles. The molecule has 1 N–H and O–H groups in total. The molecule has 1 saturated heterocycles. The molecule has 1 heterocycles. The van der Waals surface area contributed by atoms with Crippen LogP contribution in [0.3, 0.4) is 0 Å². The van der Waals surface area contributed by atoms with Crippen LogP contribution in [-0.2, 0) is 14.3 Å². The van der Waals surface area contributed by atoms with Gasteiger partial charge in [0.1, 0.15) is 0 Å². The molecular weight excluding hydrogens is 390 g/mol. The summed E-state index contributed by atoms with van der Waals surface area (Å²) in [6.45, 7) is 4.85. The van der Waals surface area contributed by atoms with Crippen LogP contribution in [0.1, 0.15) is 48.0 Å². The maximum absolute atomic E-state index is 12.3. The van der Waals surface area contributed by atoms with Gasteiger partial charge in [-0.25, -0.2) is 4.79 Å². The summed E-state index contributed by atoms with van der Waals surface area (Å²) < 4.78 is 10.6. The van der Waals surface area contributed by atoms with E-state index < -0.39 is 10.9 Å². The lowest BCUT2D eigenvalue weighted by Crippen LogP contribution is -2.59. The van der Waals surface area contributed by atoms with Crippen molar-refractivity contribution in [2.24, 2.45) is 0 Å². The first-order valence-electron chi connectivity index (χ1n) is 10.4. The second-order valence-electron chi connectivity index (χ2n) is 8.00. The van der Waals surface area contributed by atoms with Crippen molar-refractivity contribution >= 4 is 17.6 Å². The number of nitro groups is 1. The number of hydrogen-bond acceptors (Lipinski definition) is 7. The molecule has 2 aliphatic rings. The molecule has 1 amide bonds. The highest BCUT2D eigenvalue weighted by molar-refractivity contribution is 5.91. The standard InChI is InChI=1S/C21H29N3O6/c1-16-13-17(5-6-18(16)24(27)28)20(26)30-14-19(25)22-15-21(7-3-2-4-8-21)23-9-11-29-12-10-23/h5-6,13H,2-4,7-12,14-15H2,1H3,(H,22,25). The van der Waals surface area contributed by atoms with E-state index >= 15 is 0 Å². The normalized spacial score (nSPS) is 19.1. The highest BCUT2D eigenvalue weighted by Gasteiger charge is 2.38. The van der Waals surface area contributed by atoms with Crippen molar-refractivity contribution in [1.29, 1.82) is 0 Å². The van der Waals surface area contributed by atoms with Crippen LogP contribution in [-0.4, -0.2) is 66.7 Å². The lowest BCUT2D eigenvalue weighted by atomic mass is 9.79. The number of carbonyl (C=O) groups is 2. The first-order chi connectivity index (χ1) is 14.4. The molecule has 1 aromatic carbocycles. The molecule has 30 heavy (non-hydrogen) atoms. The topological polar surface area (TPSA) is 111 Å². The molecule has 164 valence electrons. The number of esters is 1. The van der Waals surface area contributed by atoms with Gasteiger partial charge in [0, 0.05) is 36.8 Å². The summed E-state index contributed by atoms with van der Waals surface area (Å²) >= 11 is 0. The number of carbonyl (C=O) groups excluding carboxylic acids is 2. The number of aryl methyl sites for hydroxylation is 1. The Hall–Kier alpha value is -2.52. The fourth-order valence-electron chi connectivity index (χ4n) is 4.37. The molecule has 0 unspecified atom stereocenters. The first kappa shape index (κ1) is 22.2. The second kappa shape index (κ2) is 9.99. The average molecular weight is 419 g/mol. The minimum Gasteiger partial charge on any atom is -0.452 e. The van der Waals surface area contributed by atoms with Crippen LogP contribution < -0.4 is 5.32 Å². The Kier molecular flexibility index (Phi) is 7.38. The molecule has 1 aliphatic carbocycles. The summed E-state index contributed by atoms with van der Waals surface area (Å²) in [6.07, 6.45) is 5.57. The SMILES string of the molecule is Cc1cc(C(=O)OCC(=O)NCC2(N3CCOCC3)CCCCC2)ccc1[N+](=O)[O-]. The highest BCUT2D eigenvalue weighted by Crippen LogP contribution is 2.33. The maximum atomic E-state index is 12.3. The van der Waals surface area contributed by atoms with E-state index in [1.165, 1.54) is 24.6 Å². The molecular formula is C21H29N3O6. The van der Waals surface area contributed by atoms with Crippen LogP contribution in [0.2, 0.25) is 0 Å². The quantitative estimate of drug-likeness (QED) is 0.410. The number of benzene rings is 1. The summed E-state index contributed by atoms with van der Waals surface area (Å²) in [5.41, 5.74) is 0.425. The van der Waals surface area contributed by atoms with Gasteiger partial charge in [0.05, 0.1) is 23.7 Å². The third-order valence-electron chi connectivity index (χ3n) is 6.04. The number of hydrogen-bond donors (Lipinski definition) is 1. The predicted molar refractivity (Wildman–Crippen MR) is 109 cm³/mol. The third kappa shape index (κ3) is 5.34. The van der Waals surface area contributed by atoms with Gasteiger partial charge < -0.3 is 14.8 Å². The zero-order valence-corrected chi connectivity index (χ0v) is 17.4. The van der Waals surface area contributed by atoms with E-state index in [4.69, 9.17) is 9.47 Å². The number of nitrogens with one attached hydrogen (secondary N) is 1. The molecule has 0 bridgehead atoms. The van der Waals surface area contributed by atoms with E-state index in [1.54, 1.807) is 6.92 Å². The molecule has 1 aliphatic heterocycles. The molecule has 9 heteroatoms. The minimum atomic E-state index is -0.677. The van der Waals surface area contributed by atoms with E-state index in [0.29, 0.717) is 25.3 Å². The van der Waals surface area contributed by atoms with Crippen molar-refractivity contribution in [1.82, 2.24) is 10.2 Å². The lowest BCUT2D eigenvalue weighted by molar-refractivity contribution is -0.385. The van der Waals surface area contributed by atoms with Crippen LogP contribution in [0, 0.1) is 17.0 Å². The molecule has 0 radical (unpaired) electrons. The van der Waals surface area contributed by atoms with Crippen LogP contribution in [0.4, 0.5) is 5.69 Å². The van der Waals surface area contributed by atoms with Crippen LogP contribution in [0.15, 0.2) is 18.2 Å². The van der Waals surface area contributed by atoms with Crippen molar-refractivity contribution in [3.63, 3.8) is 0 Å². The summed E-state index contributed by atoms with van der Waals surface area (Å²) in [4.78, 5) is 37.4. The smallest absolute Gasteiger partial charge is 0.338 e. The van der Waals surface area contributed by atoms with Crippen molar-refractivity contribution in [3.05, 3.63) is 39.4 Å². The summed E-state index contributed by atoms with van der Waals surface area (Å²) in [5, 5.41) is 13.8. The Labute approximate surface area is 175 Å². The van der Waals surface area contributed by atoms with E-state index in [1.807, 2.05) is 0 Å². The minimum absolute atomic E-state index is 0.0584. The van der Waals surface area contributed by atoms with Crippen molar-refractivity contribution in [2.75, 3.05) is 39.5 Å². The van der Waals surface area contributed by atoms with Gasteiger partial charge in [0.15, 0.2) is 6.61 Å². The number of ether oxygens (including phenoxy) is 2. The predicted octanol–water partition coefficient (Wildman–Crippen LogP) is 2.21. The number of rotatable bonds is 7. The van der Waals surface area contributed by atoms with E-state index in [0.717, 1.165) is 38.8 Å². The van der Waals surface area contributed by atoms with Gasteiger partial charge >= 0.3 is 5.97 Å². The summed E-state index contributed by atoms with van der Waals surface area (Å²) in [6, 6.07) is 4.00. The zero-order chi connectivity index (χ0) is 21.6. The van der Waals surface area contributed by atoms with Gasteiger partial charge in [0.2, 0.25) is 0 Å². The Balaban J connectivity index is 1.52. The molecule has 1 aromatic rings. The van der Waals surface area contributed by atoms with Gasteiger partial charge in [-0.3, -0.25) is 19.8 Å². The van der Waals surface area contributed by atoms with Crippen LogP contribution >= 0.6 is 0 Å². The number of nitrogens with zero attached hydrogens (tertiary/aromatic N) is 2. The Morgan fingerprint density at radius 1 is 1.23 bits per heavy atom. The van der Waals surface area contributed by atoms with Crippen molar-refractivity contribution in [3.8, 4) is 0 Å². The summed E-state index contributed by atoms with van der Waals surface area (Å²) in [5.74, 6) is -1.02. The van der Waals surface area contributed by atoms with Gasteiger partial charge in [-0.05, 0) is 31.9 Å². The average Bonchev–Trinajstić information content (AvgIpc) is 2.77. The van der Waals surface area contributed by atoms with Gasteiger partial charge in [-0.15, -0.1) is 0 Å². The zero-order valence-electron chi connectivity index (χ0n) is 17.4. The van der Waals surface area contributed by atoms with Crippen molar-refractivity contribution < 1.29 is 24.0 Å².